The first-order valence-corrected chi connectivity index (χ1v) is 5.24. The van der Waals surface area contributed by atoms with Crippen molar-refractivity contribution >= 4 is 5.97 Å². The minimum absolute atomic E-state index is 0.245. The maximum absolute atomic E-state index is 11.5. The van der Waals surface area contributed by atoms with E-state index in [-0.39, 0.29) is 11.9 Å². The fraction of sp³-hybridized carbons (Fsp3) is 0.462. The highest BCUT2D eigenvalue weighted by molar-refractivity contribution is 5.79. The van der Waals surface area contributed by atoms with E-state index in [2.05, 4.69) is 0 Å². The SMILES string of the molecule is COC(=O)C(C)c1c(C)cc(C)cc1OC. The van der Waals surface area contributed by atoms with E-state index in [1.54, 1.807) is 7.11 Å². The standard InChI is InChI=1S/C13H18O3/c1-8-6-9(2)12(11(7-8)15-4)10(3)13(14)16-5/h6-7,10H,1-5H3. The Morgan fingerprint density at radius 2 is 1.88 bits per heavy atom. The number of esters is 1. The number of rotatable bonds is 3. The molecule has 0 heterocycles. The molecule has 0 aromatic heterocycles. The molecule has 0 fully saturated rings. The van der Waals surface area contributed by atoms with Crippen molar-refractivity contribution < 1.29 is 14.3 Å². The Kier molecular flexibility index (Phi) is 3.93. The lowest BCUT2D eigenvalue weighted by molar-refractivity contribution is -0.142. The van der Waals surface area contributed by atoms with Gasteiger partial charge in [-0.15, -0.1) is 0 Å². The Hall–Kier alpha value is -1.51. The molecule has 0 bridgehead atoms. The van der Waals surface area contributed by atoms with Gasteiger partial charge in [-0.2, -0.15) is 0 Å². The average molecular weight is 222 g/mol. The molecule has 88 valence electrons. The Bertz CT molecular complexity index is 396. The summed E-state index contributed by atoms with van der Waals surface area (Å²) in [5, 5.41) is 0. The maximum atomic E-state index is 11.5. The van der Waals surface area contributed by atoms with E-state index in [4.69, 9.17) is 9.47 Å². The monoisotopic (exact) mass is 222 g/mol. The van der Waals surface area contributed by atoms with E-state index in [1.165, 1.54) is 7.11 Å². The molecule has 0 saturated heterocycles. The fourth-order valence-electron chi connectivity index (χ4n) is 1.96. The van der Waals surface area contributed by atoms with Gasteiger partial charge in [-0.25, -0.2) is 0 Å². The molecular formula is C13H18O3. The molecule has 3 heteroatoms. The van der Waals surface area contributed by atoms with Crippen molar-refractivity contribution in [3.05, 3.63) is 28.8 Å². The summed E-state index contributed by atoms with van der Waals surface area (Å²) in [6.45, 7) is 5.80. The number of benzene rings is 1. The van der Waals surface area contributed by atoms with Crippen molar-refractivity contribution in [1.82, 2.24) is 0 Å². The van der Waals surface area contributed by atoms with E-state index >= 15 is 0 Å². The Morgan fingerprint density at radius 3 is 2.38 bits per heavy atom. The van der Waals surface area contributed by atoms with Crippen LogP contribution in [0.25, 0.3) is 0 Å². The quantitative estimate of drug-likeness (QED) is 0.737. The Labute approximate surface area is 96.4 Å². The summed E-state index contributed by atoms with van der Waals surface area (Å²) in [7, 11) is 3.01. The van der Waals surface area contributed by atoms with Crippen LogP contribution in [0.15, 0.2) is 12.1 Å². The summed E-state index contributed by atoms with van der Waals surface area (Å²) >= 11 is 0. The van der Waals surface area contributed by atoms with Gasteiger partial charge < -0.3 is 9.47 Å². The van der Waals surface area contributed by atoms with Crippen molar-refractivity contribution in [3.8, 4) is 5.75 Å². The van der Waals surface area contributed by atoms with Crippen LogP contribution in [0.1, 0.15) is 29.5 Å². The topological polar surface area (TPSA) is 35.5 Å². The van der Waals surface area contributed by atoms with Crippen molar-refractivity contribution in [2.45, 2.75) is 26.7 Å². The largest absolute Gasteiger partial charge is 0.496 e. The fourth-order valence-corrected chi connectivity index (χ4v) is 1.96. The summed E-state index contributed by atoms with van der Waals surface area (Å²) < 4.78 is 10.1. The van der Waals surface area contributed by atoms with E-state index in [1.807, 2.05) is 32.9 Å². The predicted octanol–water partition coefficient (Wildman–Crippen LogP) is 2.59. The summed E-state index contributed by atoms with van der Waals surface area (Å²) in [4.78, 5) is 11.5. The molecule has 1 unspecified atom stereocenters. The second kappa shape index (κ2) is 5.01. The van der Waals surface area contributed by atoms with E-state index < -0.39 is 0 Å². The van der Waals surface area contributed by atoms with E-state index in [9.17, 15) is 4.79 Å². The van der Waals surface area contributed by atoms with Crippen LogP contribution >= 0.6 is 0 Å². The van der Waals surface area contributed by atoms with Gasteiger partial charge in [0.2, 0.25) is 0 Å². The molecule has 0 saturated carbocycles. The lowest BCUT2D eigenvalue weighted by Gasteiger charge is -2.17. The highest BCUT2D eigenvalue weighted by Gasteiger charge is 2.21. The van der Waals surface area contributed by atoms with Gasteiger partial charge in [-0.3, -0.25) is 4.79 Å². The highest BCUT2D eigenvalue weighted by Crippen LogP contribution is 2.31. The molecule has 1 aromatic carbocycles. The zero-order valence-electron chi connectivity index (χ0n) is 10.5. The summed E-state index contributed by atoms with van der Waals surface area (Å²) in [5.74, 6) is 0.196. The first kappa shape index (κ1) is 12.6. The molecule has 1 rings (SSSR count). The summed E-state index contributed by atoms with van der Waals surface area (Å²) in [6, 6.07) is 3.97. The molecule has 0 aliphatic heterocycles. The molecule has 16 heavy (non-hydrogen) atoms. The van der Waals surface area contributed by atoms with Crippen LogP contribution in [0.4, 0.5) is 0 Å². The highest BCUT2D eigenvalue weighted by atomic mass is 16.5. The number of hydrogen-bond acceptors (Lipinski definition) is 3. The van der Waals surface area contributed by atoms with E-state index in [0.29, 0.717) is 0 Å². The van der Waals surface area contributed by atoms with Gasteiger partial charge in [0.25, 0.3) is 0 Å². The van der Waals surface area contributed by atoms with Crippen molar-refractivity contribution in [3.63, 3.8) is 0 Å². The molecule has 3 nitrogen and oxygen atoms in total. The number of ether oxygens (including phenoxy) is 2. The van der Waals surface area contributed by atoms with Crippen LogP contribution in [0.5, 0.6) is 5.75 Å². The number of carbonyl (C=O) groups is 1. The Morgan fingerprint density at radius 1 is 1.25 bits per heavy atom. The van der Waals surface area contributed by atoms with Gasteiger partial charge in [-0.1, -0.05) is 6.07 Å². The molecule has 0 amide bonds. The summed E-state index contributed by atoms with van der Waals surface area (Å²) in [6.07, 6.45) is 0. The number of methoxy groups -OCH3 is 2. The Balaban J connectivity index is 3.26. The molecule has 0 spiro atoms. The van der Waals surface area contributed by atoms with Crippen LogP contribution in [0, 0.1) is 13.8 Å². The van der Waals surface area contributed by atoms with Crippen LogP contribution in [-0.2, 0) is 9.53 Å². The number of carbonyl (C=O) groups excluding carboxylic acids is 1. The van der Waals surface area contributed by atoms with Crippen molar-refractivity contribution in [1.29, 1.82) is 0 Å². The van der Waals surface area contributed by atoms with Gasteiger partial charge in [0.15, 0.2) is 0 Å². The lowest BCUT2D eigenvalue weighted by atomic mass is 9.94. The molecule has 0 N–H and O–H groups in total. The number of hydrogen-bond donors (Lipinski definition) is 0. The van der Waals surface area contributed by atoms with Gasteiger partial charge in [0.05, 0.1) is 20.1 Å². The molecular weight excluding hydrogens is 204 g/mol. The molecule has 1 aromatic rings. The number of aryl methyl sites for hydroxylation is 2. The predicted molar refractivity (Wildman–Crippen MR) is 62.9 cm³/mol. The zero-order chi connectivity index (χ0) is 12.3. The van der Waals surface area contributed by atoms with Crippen molar-refractivity contribution in [2.75, 3.05) is 14.2 Å². The second-order valence-electron chi connectivity index (χ2n) is 3.94. The molecule has 1 atom stereocenters. The van der Waals surface area contributed by atoms with Gasteiger partial charge in [0.1, 0.15) is 5.75 Å². The molecule has 0 aliphatic carbocycles. The molecule has 0 radical (unpaired) electrons. The zero-order valence-corrected chi connectivity index (χ0v) is 10.5. The second-order valence-corrected chi connectivity index (χ2v) is 3.94. The first-order chi connectivity index (χ1) is 7.51. The average Bonchev–Trinajstić information content (AvgIpc) is 2.26. The van der Waals surface area contributed by atoms with E-state index in [0.717, 1.165) is 22.4 Å². The smallest absolute Gasteiger partial charge is 0.313 e. The first-order valence-electron chi connectivity index (χ1n) is 5.24. The third-order valence-corrected chi connectivity index (χ3v) is 2.70. The minimum Gasteiger partial charge on any atom is -0.496 e. The third-order valence-electron chi connectivity index (χ3n) is 2.70. The van der Waals surface area contributed by atoms with Crippen LogP contribution in [-0.4, -0.2) is 20.2 Å². The maximum Gasteiger partial charge on any atom is 0.313 e. The van der Waals surface area contributed by atoms with Gasteiger partial charge >= 0.3 is 5.97 Å². The third kappa shape index (κ3) is 2.35. The normalized spacial score (nSPS) is 12.1. The van der Waals surface area contributed by atoms with Gasteiger partial charge in [-0.05, 0) is 38.0 Å². The van der Waals surface area contributed by atoms with Crippen LogP contribution in [0.2, 0.25) is 0 Å². The van der Waals surface area contributed by atoms with Crippen LogP contribution in [0.3, 0.4) is 0 Å². The van der Waals surface area contributed by atoms with Crippen LogP contribution < -0.4 is 4.74 Å². The minimum atomic E-state index is -0.305. The lowest BCUT2D eigenvalue weighted by Crippen LogP contribution is -2.13. The summed E-state index contributed by atoms with van der Waals surface area (Å²) in [5.41, 5.74) is 3.07. The van der Waals surface area contributed by atoms with Gasteiger partial charge in [0, 0.05) is 5.56 Å². The van der Waals surface area contributed by atoms with Crippen molar-refractivity contribution in [2.24, 2.45) is 0 Å². The molecule has 0 aliphatic rings.